The number of ether oxygens (including phenoxy) is 1. The number of hydrogen-bond acceptors (Lipinski definition) is 6. The predicted octanol–water partition coefficient (Wildman–Crippen LogP) is 4.23. The second-order valence-electron chi connectivity index (χ2n) is 4.84. The maximum Gasteiger partial charge on any atom is 0.475 e. The minimum Gasteiger partial charge on any atom is -0.496 e. The van der Waals surface area contributed by atoms with Crippen LogP contribution < -0.4 is 4.74 Å². The average molecular weight is 352 g/mol. The van der Waals surface area contributed by atoms with Crippen LogP contribution in [0.4, 0.5) is 0 Å². The highest BCUT2D eigenvalue weighted by molar-refractivity contribution is 7.48. The molecule has 0 unspecified atom stereocenters. The molecule has 0 atom stereocenters. The third-order valence-corrected chi connectivity index (χ3v) is 4.93. The lowest BCUT2D eigenvalue weighted by Gasteiger charge is -2.16. The van der Waals surface area contributed by atoms with Gasteiger partial charge in [0, 0.05) is 10.9 Å². The van der Waals surface area contributed by atoms with Gasteiger partial charge in [0.1, 0.15) is 12.4 Å². The fourth-order valence-electron chi connectivity index (χ4n) is 2.34. The second kappa shape index (κ2) is 8.40. The number of ketones is 1. The van der Waals surface area contributed by atoms with Gasteiger partial charge in [0.15, 0.2) is 5.78 Å². The Morgan fingerprint density at radius 2 is 1.58 bits per heavy atom. The molecule has 0 heterocycles. The minimum atomic E-state index is -3.71. The standard InChI is InChI=1S/C17H21O6P/c1-4-21-24(19,22-5-2)23-12-16(18)14-10-11-17(20-3)15-9-7-6-8-13(14)15/h6-11H,4-5,12H2,1-3H3. The zero-order valence-corrected chi connectivity index (χ0v) is 14.9. The molecule has 0 radical (unpaired) electrons. The third kappa shape index (κ3) is 4.22. The van der Waals surface area contributed by atoms with Crippen molar-refractivity contribution in [2.45, 2.75) is 13.8 Å². The smallest absolute Gasteiger partial charge is 0.475 e. The molecule has 0 aliphatic rings. The highest BCUT2D eigenvalue weighted by Gasteiger charge is 2.27. The molecule has 0 amide bonds. The molecule has 0 N–H and O–H groups in total. The molecule has 0 aliphatic heterocycles. The fourth-order valence-corrected chi connectivity index (χ4v) is 3.47. The van der Waals surface area contributed by atoms with Crippen molar-refractivity contribution < 1.29 is 27.7 Å². The molecule has 0 aromatic heterocycles. The summed E-state index contributed by atoms with van der Waals surface area (Å²) in [5, 5.41) is 1.57. The summed E-state index contributed by atoms with van der Waals surface area (Å²) in [5.41, 5.74) is 0.464. The molecule has 0 spiro atoms. The van der Waals surface area contributed by atoms with Gasteiger partial charge >= 0.3 is 7.82 Å². The van der Waals surface area contributed by atoms with Crippen molar-refractivity contribution in [2.24, 2.45) is 0 Å². The molecule has 2 rings (SSSR count). The number of hydrogen-bond donors (Lipinski definition) is 0. The third-order valence-electron chi connectivity index (χ3n) is 3.33. The Kier molecular flexibility index (Phi) is 6.52. The largest absolute Gasteiger partial charge is 0.496 e. The first-order valence-corrected chi connectivity index (χ1v) is 9.13. The summed E-state index contributed by atoms with van der Waals surface area (Å²) in [5.74, 6) is 0.367. The van der Waals surface area contributed by atoms with Gasteiger partial charge in [-0.3, -0.25) is 18.4 Å². The molecule has 2 aromatic carbocycles. The molecule has 0 fully saturated rings. The van der Waals surface area contributed by atoms with Crippen LogP contribution in [0.2, 0.25) is 0 Å². The van der Waals surface area contributed by atoms with E-state index in [0.717, 1.165) is 10.8 Å². The van der Waals surface area contributed by atoms with Gasteiger partial charge in [-0.15, -0.1) is 0 Å². The Labute approximate surface area is 141 Å². The number of benzene rings is 2. The Balaban J connectivity index is 2.24. The van der Waals surface area contributed by atoms with Crippen LogP contribution in [0.1, 0.15) is 24.2 Å². The van der Waals surface area contributed by atoms with Crippen LogP contribution in [0.3, 0.4) is 0 Å². The Morgan fingerprint density at radius 3 is 2.17 bits per heavy atom. The van der Waals surface area contributed by atoms with E-state index < -0.39 is 14.4 Å². The van der Waals surface area contributed by atoms with Crippen molar-refractivity contribution in [3.63, 3.8) is 0 Å². The van der Waals surface area contributed by atoms with Gasteiger partial charge in [0.05, 0.1) is 20.3 Å². The summed E-state index contributed by atoms with van der Waals surface area (Å²) in [6.07, 6.45) is 0. The van der Waals surface area contributed by atoms with Gasteiger partial charge in [-0.05, 0) is 31.4 Å². The van der Waals surface area contributed by atoms with Crippen molar-refractivity contribution in [2.75, 3.05) is 26.9 Å². The van der Waals surface area contributed by atoms with Crippen LogP contribution in [-0.2, 0) is 18.1 Å². The van der Waals surface area contributed by atoms with Gasteiger partial charge in [-0.1, -0.05) is 24.3 Å². The van der Waals surface area contributed by atoms with Crippen molar-refractivity contribution in [1.29, 1.82) is 0 Å². The van der Waals surface area contributed by atoms with E-state index in [-0.39, 0.29) is 19.0 Å². The molecular weight excluding hydrogens is 331 g/mol. The second-order valence-corrected chi connectivity index (χ2v) is 6.51. The summed E-state index contributed by atoms with van der Waals surface area (Å²) in [4.78, 5) is 12.5. The molecule has 0 saturated carbocycles. The maximum absolute atomic E-state index is 12.5. The van der Waals surface area contributed by atoms with Crippen molar-refractivity contribution in [1.82, 2.24) is 0 Å². The van der Waals surface area contributed by atoms with Crippen LogP contribution in [-0.4, -0.2) is 32.7 Å². The molecular formula is C17H21O6P. The van der Waals surface area contributed by atoms with E-state index in [1.54, 1.807) is 33.1 Å². The van der Waals surface area contributed by atoms with Crippen molar-refractivity contribution in [3.8, 4) is 5.75 Å². The van der Waals surface area contributed by atoms with Crippen LogP contribution >= 0.6 is 7.82 Å². The molecule has 2 aromatic rings. The van der Waals surface area contributed by atoms with Gasteiger partial charge in [0.2, 0.25) is 0 Å². The number of carbonyl (C=O) groups is 1. The molecule has 0 saturated heterocycles. The van der Waals surface area contributed by atoms with Crippen LogP contribution in [0.25, 0.3) is 10.8 Å². The number of fused-ring (bicyclic) bond motifs is 1. The van der Waals surface area contributed by atoms with E-state index >= 15 is 0 Å². The Morgan fingerprint density at radius 1 is 0.958 bits per heavy atom. The summed E-state index contributed by atoms with van der Waals surface area (Å²) in [7, 11) is -2.14. The SMILES string of the molecule is CCOP(=O)(OCC)OCC(=O)c1ccc(OC)c2ccccc12. The summed E-state index contributed by atoms with van der Waals surface area (Å²) in [6.45, 7) is 3.28. The van der Waals surface area contributed by atoms with Gasteiger partial charge in [-0.25, -0.2) is 4.57 Å². The van der Waals surface area contributed by atoms with Crippen molar-refractivity contribution >= 4 is 24.4 Å². The zero-order chi connectivity index (χ0) is 17.6. The first-order chi connectivity index (χ1) is 11.5. The molecule has 24 heavy (non-hydrogen) atoms. The van der Waals surface area contributed by atoms with Gasteiger partial charge in [-0.2, -0.15) is 0 Å². The average Bonchev–Trinajstić information content (AvgIpc) is 2.59. The van der Waals surface area contributed by atoms with E-state index in [2.05, 4.69) is 0 Å². The highest BCUT2D eigenvalue weighted by atomic mass is 31.2. The van der Waals surface area contributed by atoms with Crippen LogP contribution in [0, 0.1) is 0 Å². The van der Waals surface area contributed by atoms with E-state index in [9.17, 15) is 9.36 Å². The number of carbonyl (C=O) groups excluding carboxylic acids is 1. The zero-order valence-electron chi connectivity index (χ0n) is 14.0. The maximum atomic E-state index is 12.5. The van der Waals surface area contributed by atoms with Crippen molar-refractivity contribution in [3.05, 3.63) is 42.0 Å². The minimum absolute atomic E-state index is 0.164. The highest BCUT2D eigenvalue weighted by Crippen LogP contribution is 2.49. The van der Waals surface area contributed by atoms with Crippen LogP contribution in [0.5, 0.6) is 5.75 Å². The van der Waals surface area contributed by atoms with E-state index in [1.165, 1.54) is 0 Å². The summed E-state index contributed by atoms with van der Waals surface area (Å²) < 4.78 is 32.8. The summed E-state index contributed by atoms with van der Waals surface area (Å²) >= 11 is 0. The first kappa shape index (κ1) is 18.6. The lowest BCUT2D eigenvalue weighted by atomic mass is 10.0. The lowest BCUT2D eigenvalue weighted by Crippen LogP contribution is -2.11. The molecule has 0 bridgehead atoms. The number of Topliss-reactive ketones (excluding diaryl/α,β-unsaturated/α-hetero) is 1. The normalized spacial score (nSPS) is 11.6. The fraction of sp³-hybridized carbons (Fsp3) is 0.353. The van der Waals surface area contributed by atoms with E-state index in [4.69, 9.17) is 18.3 Å². The van der Waals surface area contributed by atoms with E-state index in [1.807, 2.05) is 24.3 Å². The van der Waals surface area contributed by atoms with Gasteiger partial charge < -0.3 is 4.74 Å². The Bertz CT molecular complexity index is 748. The Hall–Kier alpha value is -1.72. The summed E-state index contributed by atoms with van der Waals surface area (Å²) in [6, 6.07) is 10.8. The number of phosphoric ester groups is 1. The molecule has 130 valence electrons. The first-order valence-electron chi connectivity index (χ1n) is 7.67. The predicted molar refractivity (Wildman–Crippen MR) is 91.6 cm³/mol. The van der Waals surface area contributed by atoms with Crippen LogP contribution in [0.15, 0.2) is 36.4 Å². The number of methoxy groups -OCH3 is 1. The van der Waals surface area contributed by atoms with E-state index in [0.29, 0.717) is 11.3 Å². The monoisotopic (exact) mass is 352 g/mol. The number of phosphoric acid groups is 1. The molecule has 6 nitrogen and oxygen atoms in total. The lowest BCUT2D eigenvalue weighted by molar-refractivity contribution is 0.0817. The quantitative estimate of drug-likeness (QED) is 0.497. The topological polar surface area (TPSA) is 71.1 Å². The number of rotatable bonds is 9. The molecule has 0 aliphatic carbocycles. The van der Waals surface area contributed by atoms with Gasteiger partial charge in [0.25, 0.3) is 0 Å². The molecule has 7 heteroatoms.